The lowest BCUT2D eigenvalue weighted by atomic mass is 9.99. The van der Waals surface area contributed by atoms with Crippen LogP contribution >= 0.6 is 0 Å². The molecule has 1 rings (SSSR count). The van der Waals surface area contributed by atoms with Crippen LogP contribution in [0.4, 0.5) is 5.69 Å². The van der Waals surface area contributed by atoms with Crippen LogP contribution in [0.15, 0.2) is 12.1 Å². The maximum absolute atomic E-state index is 10.9. The van der Waals surface area contributed by atoms with Crippen LogP contribution in [0.3, 0.4) is 0 Å². The minimum atomic E-state index is -1.15. The molecule has 0 aliphatic rings. The zero-order valence-electron chi connectivity index (χ0n) is 10.2. The van der Waals surface area contributed by atoms with Crippen molar-refractivity contribution in [2.45, 2.75) is 12.8 Å². The molecule has 1 aromatic carbocycles. The van der Waals surface area contributed by atoms with Gasteiger partial charge < -0.3 is 14.6 Å². The van der Waals surface area contributed by atoms with Gasteiger partial charge in [-0.3, -0.25) is 14.9 Å². The SMILES string of the molecule is COc1cc(C(C)C(=O)O)c([N+](=O)[O-])cc1OC. The number of aliphatic carboxylic acids is 1. The zero-order valence-corrected chi connectivity index (χ0v) is 10.2. The Morgan fingerprint density at radius 2 is 1.83 bits per heavy atom. The molecule has 0 fully saturated rings. The number of methoxy groups -OCH3 is 2. The maximum Gasteiger partial charge on any atom is 0.310 e. The van der Waals surface area contributed by atoms with Crippen molar-refractivity contribution in [2.24, 2.45) is 0 Å². The van der Waals surface area contributed by atoms with Crippen molar-refractivity contribution in [1.29, 1.82) is 0 Å². The Kier molecular flexibility index (Phi) is 4.09. The van der Waals surface area contributed by atoms with Crippen molar-refractivity contribution in [2.75, 3.05) is 14.2 Å². The third-order valence-electron chi connectivity index (χ3n) is 2.57. The number of carboxylic acids is 1. The first-order valence-corrected chi connectivity index (χ1v) is 5.05. The van der Waals surface area contributed by atoms with E-state index in [-0.39, 0.29) is 22.7 Å². The summed E-state index contributed by atoms with van der Waals surface area (Å²) in [6, 6.07) is 2.48. The molecule has 0 aliphatic heterocycles. The third kappa shape index (κ3) is 2.50. The second-order valence-electron chi connectivity index (χ2n) is 3.58. The molecule has 0 saturated carbocycles. The van der Waals surface area contributed by atoms with Crippen molar-refractivity contribution in [3.05, 3.63) is 27.8 Å². The first-order chi connectivity index (χ1) is 8.42. The fraction of sp³-hybridized carbons (Fsp3) is 0.364. The molecule has 0 aromatic heterocycles. The Morgan fingerprint density at radius 1 is 1.33 bits per heavy atom. The van der Waals surface area contributed by atoms with Gasteiger partial charge in [0, 0.05) is 5.56 Å². The molecule has 0 bridgehead atoms. The van der Waals surface area contributed by atoms with Crippen LogP contribution in [0.25, 0.3) is 0 Å². The molecule has 0 aliphatic carbocycles. The number of carbonyl (C=O) groups is 1. The van der Waals surface area contributed by atoms with E-state index in [1.165, 1.54) is 27.2 Å². The normalized spacial score (nSPS) is 11.7. The highest BCUT2D eigenvalue weighted by atomic mass is 16.6. The quantitative estimate of drug-likeness (QED) is 0.636. The number of nitro benzene ring substituents is 1. The monoisotopic (exact) mass is 255 g/mol. The van der Waals surface area contributed by atoms with E-state index in [1.54, 1.807) is 0 Å². The second-order valence-corrected chi connectivity index (χ2v) is 3.58. The fourth-order valence-electron chi connectivity index (χ4n) is 1.52. The molecular weight excluding hydrogens is 242 g/mol. The van der Waals surface area contributed by atoms with Crippen LogP contribution < -0.4 is 9.47 Å². The molecule has 7 heteroatoms. The molecule has 7 nitrogen and oxygen atoms in total. The van der Waals surface area contributed by atoms with Gasteiger partial charge in [0.05, 0.1) is 31.1 Å². The lowest BCUT2D eigenvalue weighted by molar-refractivity contribution is -0.385. The number of rotatable bonds is 5. The molecule has 98 valence electrons. The smallest absolute Gasteiger partial charge is 0.310 e. The summed E-state index contributed by atoms with van der Waals surface area (Å²) in [5.41, 5.74) is -0.229. The van der Waals surface area contributed by atoms with E-state index in [2.05, 4.69) is 0 Å². The molecule has 0 spiro atoms. The Morgan fingerprint density at radius 3 is 2.22 bits per heavy atom. The first kappa shape index (κ1) is 13.8. The molecular formula is C11H13NO6. The van der Waals surface area contributed by atoms with Gasteiger partial charge in [-0.25, -0.2) is 0 Å². The van der Waals surface area contributed by atoms with Crippen LogP contribution in [0.1, 0.15) is 18.4 Å². The zero-order chi connectivity index (χ0) is 13.9. The summed E-state index contributed by atoms with van der Waals surface area (Å²) in [5.74, 6) is -1.72. The molecule has 18 heavy (non-hydrogen) atoms. The summed E-state index contributed by atoms with van der Waals surface area (Å²) in [7, 11) is 2.72. The lowest BCUT2D eigenvalue weighted by Gasteiger charge is -2.12. The molecule has 1 atom stereocenters. The van der Waals surface area contributed by atoms with Crippen molar-refractivity contribution in [3.8, 4) is 11.5 Å². The number of nitrogens with zero attached hydrogens (tertiary/aromatic N) is 1. The highest BCUT2D eigenvalue weighted by Crippen LogP contribution is 2.37. The summed E-state index contributed by atoms with van der Waals surface area (Å²) in [4.78, 5) is 21.2. The van der Waals surface area contributed by atoms with Gasteiger partial charge in [0.1, 0.15) is 0 Å². The van der Waals surface area contributed by atoms with Crippen molar-refractivity contribution in [1.82, 2.24) is 0 Å². The van der Waals surface area contributed by atoms with Crippen LogP contribution in [-0.2, 0) is 4.79 Å². The molecule has 0 heterocycles. The molecule has 0 amide bonds. The van der Waals surface area contributed by atoms with E-state index in [4.69, 9.17) is 14.6 Å². The average Bonchev–Trinajstić information content (AvgIpc) is 2.35. The standard InChI is InChI=1S/C11H13NO6/c1-6(11(13)14)7-4-9(17-2)10(18-3)5-8(7)12(15)16/h4-6H,1-3H3,(H,13,14). The molecule has 1 N–H and O–H groups in total. The minimum absolute atomic E-state index is 0.0742. The number of ether oxygens (including phenoxy) is 2. The van der Waals surface area contributed by atoms with Crippen LogP contribution in [-0.4, -0.2) is 30.2 Å². The van der Waals surface area contributed by atoms with E-state index in [9.17, 15) is 14.9 Å². The third-order valence-corrected chi connectivity index (χ3v) is 2.57. The molecule has 0 radical (unpaired) electrons. The number of nitro groups is 1. The Balaban J connectivity index is 3.47. The van der Waals surface area contributed by atoms with Crippen LogP contribution in [0.2, 0.25) is 0 Å². The van der Waals surface area contributed by atoms with Gasteiger partial charge in [0.25, 0.3) is 5.69 Å². The van der Waals surface area contributed by atoms with E-state index < -0.39 is 16.8 Å². The summed E-state index contributed by atoms with van der Waals surface area (Å²) in [6.07, 6.45) is 0. The average molecular weight is 255 g/mol. The summed E-state index contributed by atoms with van der Waals surface area (Å²) in [5, 5.41) is 19.9. The van der Waals surface area contributed by atoms with Crippen LogP contribution in [0.5, 0.6) is 11.5 Å². The first-order valence-electron chi connectivity index (χ1n) is 5.05. The highest BCUT2D eigenvalue weighted by molar-refractivity contribution is 5.78. The highest BCUT2D eigenvalue weighted by Gasteiger charge is 2.26. The largest absolute Gasteiger partial charge is 0.493 e. The Labute approximate surface area is 103 Å². The van der Waals surface area contributed by atoms with E-state index >= 15 is 0 Å². The Bertz CT molecular complexity index is 485. The van der Waals surface area contributed by atoms with E-state index in [0.717, 1.165) is 6.07 Å². The number of benzene rings is 1. The van der Waals surface area contributed by atoms with Gasteiger partial charge in [-0.2, -0.15) is 0 Å². The van der Waals surface area contributed by atoms with Crippen molar-refractivity contribution < 1.29 is 24.3 Å². The van der Waals surface area contributed by atoms with E-state index in [0.29, 0.717) is 0 Å². The second kappa shape index (κ2) is 5.35. The summed E-state index contributed by atoms with van der Waals surface area (Å²) >= 11 is 0. The summed E-state index contributed by atoms with van der Waals surface area (Å²) < 4.78 is 9.95. The lowest BCUT2D eigenvalue weighted by Crippen LogP contribution is -2.10. The van der Waals surface area contributed by atoms with Gasteiger partial charge in [-0.15, -0.1) is 0 Å². The van der Waals surface area contributed by atoms with Crippen molar-refractivity contribution in [3.63, 3.8) is 0 Å². The van der Waals surface area contributed by atoms with Gasteiger partial charge in [-0.1, -0.05) is 0 Å². The topological polar surface area (TPSA) is 98.9 Å². The maximum atomic E-state index is 10.9. The van der Waals surface area contributed by atoms with Crippen molar-refractivity contribution >= 4 is 11.7 Å². The van der Waals surface area contributed by atoms with Crippen LogP contribution in [0, 0.1) is 10.1 Å². The van der Waals surface area contributed by atoms with Gasteiger partial charge in [-0.05, 0) is 13.0 Å². The van der Waals surface area contributed by atoms with Gasteiger partial charge >= 0.3 is 5.97 Å². The molecule has 1 aromatic rings. The van der Waals surface area contributed by atoms with Gasteiger partial charge in [0.2, 0.25) is 0 Å². The molecule has 0 saturated heterocycles. The molecule has 1 unspecified atom stereocenters. The Hall–Kier alpha value is -2.31. The predicted octanol–water partition coefficient (Wildman–Crippen LogP) is 1.80. The van der Waals surface area contributed by atoms with Gasteiger partial charge in [0.15, 0.2) is 11.5 Å². The minimum Gasteiger partial charge on any atom is -0.493 e. The predicted molar refractivity (Wildman–Crippen MR) is 62.3 cm³/mol. The number of carboxylic acid groups (broad SMARTS) is 1. The van der Waals surface area contributed by atoms with E-state index in [1.807, 2.05) is 0 Å². The number of hydrogen-bond acceptors (Lipinski definition) is 5. The fourth-order valence-corrected chi connectivity index (χ4v) is 1.52. The number of hydrogen-bond donors (Lipinski definition) is 1. The summed E-state index contributed by atoms with van der Waals surface area (Å²) in [6.45, 7) is 1.37.